The number of nitro groups is 1. The molecule has 3 heterocycles. The second-order valence-electron chi connectivity index (χ2n) is 7.28. The molecule has 0 aliphatic carbocycles. The molecule has 1 aromatic carbocycles. The van der Waals surface area contributed by atoms with Crippen LogP contribution in [0.1, 0.15) is 25.5 Å². The zero-order valence-corrected chi connectivity index (χ0v) is 15.6. The molecule has 0 spiro atoms. The van der Waals surface area contributed by atoms with E-state index in [4.69, 9.17) is 4.74 Å². The smallest absolute Gasteiger partial charge is 0.270 e. The summed E-state index contributed by atoms with van der Waals surface area (Å²) in [7, 11) is 2.11. The number of benzene rings is 1. The van der Waals surface area contributed by atoms with Gasteiger partial charge in [0.15, 0.2) is 0 Å². The maximum atomic E-state index is 11.3. The van der Waals surface area contributed by atoms with Crippen molar-refractivity contribution in [3.8, 4) is 11.1 Å². The number of aromatic nitrogens is 2. The quantitative estimate of drug-likeness (QED) is 0.608. The Morgan fingerprint density at radius 1 is 1.22 bits per heavy atom. The maximum Gasteiger partial charge on any atom is 0.270 e. The van der Waals surface area contributed by atoms with Gasteiger partial charge in [-0.15, -0.1) is 0 Å². The van der Waals surface area contributed by atoms with Gasteiger partial charge in [-0.3, -0.25) is 10.1 Å². The van der Waals surface area contributed by atoms with Crippen LogP contribution in [0.15, 0.2) is 30.6 Å². The first kappa shape index (κ1) is 17.9. The molecule has 1 aromatic heterocycles. The molecule has 0 saturated carbocycles. The second-order valence-corrected chi connectivity index (χ2v) is 7.28. The number of likely N-dealkylation sites (N-methyl/N-ethyl adjacent to an activating group) is 1. The molecule has 1 atom stereocenters. The van der Waals surface area contributed by atoms with Gasteiger partial charge in [0.05, 0.1) is 11.1 Å². The van der Waals surface area contributed by atoms with Crippen LogP contribution >= 0.6 is 0 Å². The van der Waals surface area contributed by atoms with Crippen molar-refractivity contribution < 1.29 is 9.66 Å². The summed E-state index contributed by atoms with van der Waals surface area (Å²) >= 11 is 0. The molecule has 2 aromatic rings. The molecule has 2 aliphatic rings. The van der Waals surface area contributed by atoms with Gasteiger partial charge in [0.1, 0.15) is 6.23 Å². The number of ether oxygens (including phenoxy) is 1. The predicted molar refractivity (Wildman–Crippen MR) is 103 cm³/mol. The Bertz CT molecular complexity index is 807. The topological polar surface area (TPSA) is 76.7 Å². The third-order valence-electron chi connectivity index (χ3n) is 5.40. The van der Waals surface area contributed by atoms with Crippen molar-refractivity contribution in [1.82, 2.24) is 14.7 Å². The van der Waals surface area contributed by atoms with E-state index in [1.807, 2.05) is 16.9 Å². The Labute approximate surface area is 158 Å². The van der Waals surface area contributed by atoms with Crippen molar-refractivity contribution in [2.45, 2.75) is 25.5 Å². The van der Waals surface area contributed by atoms with E-state index in [1.54, 1.807) is 18.3 Å². The van der Waals surface area contributed by atoms with Crippen molar-refractivity contribution >= 4 is 11.4 Å². The summed E-state index contributed by atoms with van der Waals surface area (Å²) in [6.45, 7) is 4.52. The molecule has 4 rings (SSSR count). The number of rotatable bonds is 4. The highest BCUT2D eigenvalue weighted by atomic mass is 16.6. The molecule has 0 amide bonds. The summed E-state index contributed by atoms with van der Waals surface area (Å²) in [5, 5.41) is 15.8. The van der Waals surface area contributed by atoms with Gasteiger partial charge < -0.3 is 14.5 Å². The molecule has 8 heteroatoms. The van der Waals surface area contributed by atoms with Crippen LogP contribution in [0.25, 0.3) is 11.1 Å². The van der Waals surface area contributed by atoms with Gasteiger partial charge in [-0.25, -0.2) is 4.68 Å². The molecule has 144 valence electrons. The lowest BCUT2D eigenvalue weighted by molar-refractivity contribution is -0.384. The minimum absolute atomic E-state index is 0.0433. The maximum absolute atomic E-state index is 11.3. The molecular formula is C19H25N5O3. The largest absolute Gasteiger partial charge is 0.368 e. The first-order valence-electron chi connectivity index (χ1n) is 9.50. The van der Waals surface area contributed by atoms with Crippen molar-refractivity contribution in [2.24, 2.45) is 0 Å². The second kappa shape index (κ2) is 7.66. The van der Waals surface area contributed by atoms with Crippen molar-refractivity contribution in [1.29, 1.82) is 0 Å². The summed E-state index contributed by atoms with van der Waals surface area (Å²) in [6.07, 6.45) is 6.86. The molecule has 2 fully saturated rings. The van der Waals surface area contributed by atoms with Crippen LogP contribution in [0.4, 0.5) is 11.4 Å². The summed E-state index contributed by atoms with van der Waals surface area (Å²) in [4.78, 5) is 15.6. The average molecular weight is 371 g/mol. The third-order valence-corrected chi connectivity index (χ3v) is 5.40. The van der Waals surface area contributed by atoms with Crippen LogP contribution in [0, 0.1) is 10.1 Å². The van der Waals surface area contributed by atoms with Gasteiger partial charge >= 0.3 is 0 Å². The Balaban J connectivity index is 1.68. The number of piperazine rings is 1. The predicted octanol–water partition coefficient (Wildman–Crippen LogP) is 2.91. The Kier molecular flexibility index (Phi) is 5.09. The number of nitro benzene ring substituents is 1. The monoisotopic (exact) mass is 371 g/mol. The fraction of sp³-hybridized carbons (Fsp3) is 0.526. The van der Waals surface area contributed by atoms with Gasteiger partial charge in [0.2, 0.25) is 0 Å². The molecule has 2 aliphatic heterocycles. The Morgan fingerprint density at radius 2 is 2.04 bits per heavy atom. The van der Waals surface area contributed by atoms with Crippen LogP contribution < -0.4 is 4.90 Å². The Hall–Kier alpha value is -2.45. The van der Waals surface area contributed by atoms with Crippen molar-refractivity contribution in [3.63, 3.8) is 0 Å². The van der Waals surface area contributed by atoms with Crippen LogP contribution in [-0.4, -0.2) is 59.4 Å². The van der Waals surface area contributed by atoms with E-state index in [2.05, 4.69) is 21.9 Å². The van der Waals surface area contributed by atoms with Crippen LogP contribution in [-0.2, 0) is 4.74 Å². The van der Waals surface area contributed by atoms with Crippen molar-refractivity contribution in [2.75, 3.05) is 44.7 Å². The number of anilines is 1. The standard InChI is InChI=1S/C19H25N5O3/c1-21-7-9-22(10-8-21)18-6-5-16(24(25)26)12-17(18)15-13-20-23(14-15)19-4-2-3-11-27-19/h5-6,12-14,19H,2-4,7-11H2,1H3. The zero-order valence-electron chi connectivity index (χ0n) is 15.6. The molecule has 27 heavy (non-hydrogen) atoms. The SMILES string of the molecule is CN1CCN(c2ccc([N+](=O)[O-])cc2-c2cnn(C3CCCCO3)c2)CC1. The van der Waals surface area contributed by atoms with Crippen molar-refractivity contribution in [3.05, 3.63) is 40.7 Å². The van der Waals surface area contributed by atoms with Gasteiger partial charge in [-0.05, 0) is 32.4 Å². The lowest BCUT2D eigenvalue weighted by Crippen LogP contribution is -2.44. The van der Waals surface area contributed by atoms with Gasteiger partial charge in [0.25, 0.3) is 5.69 Å². The third kappa shape index (κ3) is 3.81. The molecule has 0 bridgehead atoms. The molecule has 1 unspecified atom stereocenters. The van der Waals surface area contributed by atoms with E-state index in [9.17, 15) is 10.1 Å². The number of nitrogens with zero attached hydrogens (tertiary/aromatic N) is 5. The highest BCUT2D eigenvalue weighted by Crippen LogP contribution is 2.35. The van der Waals surface area contributed by atoms with E-state index in [-0.39, 0.29) is 16.8 Å². The first-order chi connectivity index (χ1) is 13.1. The summed E-state index contributed by atoms with van der Waals surface area (Å²) in [5.41, 5.74) is 2.87. The Morgan fingerprint density at radius 3 is 2.74 bits per heavy atom. The lowest BCUT2D eigenvalue weighted by atomic mass is 10.0. The minimum atomic E-state index is -0.341. The van der Waals surface area contributed by atoms with E-state index in [1.165, 1.54) is 0 Å². The van der Waals surface area contributed by atoms with Gasteiger partial charge in [-0.1, -0.05) is 0 Å². The summed E-state index contributed by atoms with van der Waals surface area (Å²) in [5.74, 6) is 0. The molecule has 0 radical (unpaired) electrons. The summed E-state index contributed by atoms with van der Waals surface area (Å²) in [6, 6.07) is 5.12. The lowest BCUT2D eigenvalue weighted by Gasteiger charge is -2.35. The van der Waals surface area contributed by atoms with Crippen LogP contribution in [0.5, 0.6) is 0 Å². The van der Waals surface area contributed by atoms with Crippen LogP contribution in [0.2, 0.25) is 0 Å². The highest BCUT2D eigenvalue weighted by Gasteiger charge is 2.22. The average Bonchev–Trinajstić information content (AvgIpc) is 3.19. The zero-order chi connectivity index (χ0) is 18.8. The molecule has 2 saturated heterocycles. The number of hydrogen-bond donors (Lipinski definition) is 0. The molecular weight excluding hydrogens is 346 g/mol. The van der Waals surface area contributed by atoms with Crippen LogP contribution in [0.3, 0.4) is 0 Å². The molecule has 0 N–H and O–H groups in total. The highest BCUT2D eigenvalue weighted by molar-refractivity contribution is 5.80. The minimum Gasteiger partial charge on any atom is -0.368 e. The van der Waals surface area contributed by atoms with E-state index in [0.29, 0.717) is 0 Å². The van der Waals surface area contributed by atoms with Gasteiger partial charge in [0, 0.05) is 67.9 Å². The normalized spacial score (nSPS) is 21.4. The summed E-state index contributed by atoms with van der Waals surface area (Å²) < 4.78 is 7.66. The first-order valence-corrected chi connectivity index (χ1v) is 9.50. The van der Waals surface area contributed by atoms with E-state index < -0.39 is 0 Å². The van der Waals surface area contributed by atoms with Gasteiger partial charge in [-0.2, -0.15) is 5.10 Å². The molecule has 8 nitrogen and oxygen atoms in total. The fourth-order valence-corrected chi connectivity index (χ4v) is 3.76. The number of hydrogen-bond acceptors (Lipinski definition) is 6. The fourth-order valence-electron chi connectivity index (χ4n) is 3.76. The number of non-ortho nitro benzene ring substituents is 1. The van der Waals surface area contributed by atoms with E-state index >= 15 is 0 Å². The van der Waals surface area contributed by atoms with E-state index in [0.717, 1.165) is 68.9 Å².